The van der Waals surface area contributed by atoms with Crippen molar-refractivity contribution in [1.29, 1.82) is 0 Å². The second-order valence-corrected chi connectivity index (χ2v) is 57.2. The number of aliphatic hydroxyl groups is 6. The molecule has 1 unspecified atom stereocenters. The summed E-state index contributed by atoms with van der Waals surface area (Å²) in [5.74, 6) is 7.53. The van der Waals surface area contributed by atoms with Crippen molar-refractivity contribution in [3.8, 4) is 0 Å². The first-order chi connectivity index (χ1) is 60.6. The van der Waals surface area contributed by atoms with Gasteiger partial charge in [-0.05, 0) is 427 Å². The second-order valence-electron chi connectivity index (χ2n) is 53.0. The molecule has 2 aliphatic heterocycles. The fraction of sp³-hybridized carbons (Fsp3) is 0.872. The van der Waals surface area contributed by atoms with E-state index in [-0.39, 0.29) is 121 Å². The van der Waals surface area contributed by atoms with Gasteiger partial charge in [-0.25, -0.2) is 16.8 Å². The molecule has 1 spiro atoms. The lowest BCUT2D eigenvalue weighted by Crippen LogP contribution is -2.59. The number of epoxide rings is 1. The van der Waals surface area contributed by atoms with Crippen LogP contribution in [-0.2, 0) is 43.5 Å². The SMILES string of the molecule is C.C.C.C.C1CCOC1.CC1(C)CCC2(CC1)CO2.CO.C[C@H](C(CC1(O)CCC(C)(C)CC1)S(=O)(=O)c1ccccc1)[C@H]1CC[C@H]2[C@@H]3CC[C@@H]4C[C@@](C)(O)CC[C@]4(C)[C@H]3C(=O)C[C@]12C.C[C@H](CCC1(O)CCC(C)(C)CC1)[C@H]1CC[C@H]2[C@@H]3CC[C@@H]4C[C@@](C)(O)CC[C@]4(C)[C@H]3C(=O)C[C@]12C.C[C@H](CS(=O)(=O)c1ccccc1)[C@H]1CC[C@H]2[C@@H]3CC[C@@H]4C[C@@](C)(O)CC[C@]4(C)[C@H]3C(=O)C[C@]12C. The number of fused-ring (bicyclic) bond motifs is 15. The lowest BCUT2D eigenvalue weighted by Gasteiger charge is -2.61. The molecule has 17 fully saturated rings. The highest BCUT2D eigenvalue weighted by Gasteiger charge is 2.69. The molecule has 15 nitrogen and oxygen atoms in total. The van der Waals surface area contributed by atoms with Gasteiger partial charge in [0, 0.05) is 57.3 Å². The van der Waals surface area contributed by atoms with E-state index in [1.165, 1.54) is 64.2 Å². The molecule has 17 heteroatoms. The van der Waals surface area contributed by atoms with Gasteiger partial charge in [-0.3, -0.25) is 14.4 Å². The number of Topliss-reactive ketones (excluding diaryl/α,β-unsaturated/α-hetero) is 3. The lowest BCUT2D eigenvalue weighted by atomic mass is 9.43. The van der Waals surface area contributed by atoms with E-state index in [1.807, 2.05) is 32.9 Å². The van der Waals surface area contributed by atoms with Crippen molar-refractivity contribution in [3.05, 3.63) is 60.7 Å². The maximum absolute atomic E-state index is 14.5. The van der Waals surface area contributed by atoms with Crippen LogP contribution < -0.4 is 0 Å². The molecular formula is C117H198O15S2. The molecule has 0 bridgehead atoms. The highest BCUT2D eigenvalue weighted by molar-refractivity contribution is 7.92. The third-order valence-corrected chi connectivity index (χ3v) is 46.7. The van der Waals surface area contributed by atoms with Crippen LogP contribution in [0.4, 0.5) is 0 Å². The minimum Gasteiger partial charge on any atom is -0.400 e. The topological polar surface area (TPSA) is 263 Å². The van der Waals surface area contributed by atoms with Gasteiger partial charge in [0.2, 0.25) is 0 Å². The quantitative estimate of drug-likeness (QED) is 0.0961. The summed E-state index contributed by atoms with van der Waals surface area (Å²) >= 11 is 0. The Bertz CT molecular complexity index is 4420. The first-order valence-corrected chi connectivity index (χ1v) is 56.2. The minimum absolute atomic E-state index is 0. The molecule has 19 rings (SSSR count). The van der Waals surface area contributed by atoms with Crippen LogP contribution in [0.5, 0.6) is 0 Å². The molecule has 2 heterocycles. The van der Waals surface area contributed by atoms with Crippen LogP contribution >= 0.6 is 0 Å². The summed E-state index contributed by atoms with van der Waals surface area (Å²) in [7, 11) is -6.05. The molecule has 2 saturated heterocycles. The highest BCUT2D eigenvalue weighted by atomic mass is 32.2. The van der Waals surface area contributed by atoms with E-state index in [0.717, 1.165) is 194 Å². The Labute approximate surface area is 817 Å². The number of hydrogen-bond acceptors (Lipinski definition) is 15. The minimum atomic E-state index is -3.71. The number of sulfone groups is 2. The number of rotatable bonds is 14. The van der Waals surface area contributed by atoms with Gasteiger partial charge in [0.1, 0.15) is 17.3 Å². The zero-order valence-corrected chi connectivity index (χ0v) is 86.4. The molecule has 15 aliphatic carbocycles. The Morgan fingerprint density at radius 3 is 1.06 bits per heavy atom. The van der Waals surface area contributed by atoms with Crippen molar-refractivity contribution < 1.29 is 71.3 Å². The van der Waals surface area contributed by atoms with Gasteiger partial charge < -0.3 is 40.1 Å². The normalized spacial score (nSPS) is 42.0. The highest BCUT2D eigenvalue weighted by Crippen LogP contribution is 2.73. The molecule has 28 atom stereocenters. The van der Waals surface area contributed by atoms with Crippen molar-refractivity contribution in [1.82, 2.24) is 0 Å². The summed E-state index contributed by atoms with van der Waals surface area (Å²) in [4.78, 5) is 43.0. The predicted octanol–water partition coefficient (Wildman–Crippen LogP) is 26.1. The number of benzene rings is 2. The van der Waals surface area contributed by atoms with Gasteiger partial charge in [-0.15, -0.1) is 0 Å². The Hall–Kier alpha value is -2.97. The van der Waals surface area contributed by atoms with Crippen LogP contribution in [0.3, 0.4) is 0 Å². The van der Waals surface area contributed by atoms with Gasteiger partial charge in [0.05, 0.1) is 61.0 Å². The zero-order valence-electron chi connectivity index (χ0n) is 84.7. The first kappa shape index (κ1) is 113. The standard InChI is InChI=1S/C38H58O5S.C32H54O3.C29H42O4S.C9H16O.C4H8O.CH4O.4CH4/c1-25(32(44(42,43)27-10-8-7-9-11-27)24-38(41)20-16-34(2,3)17-21-38)29-14-15-30-28-13-12-26-22-35(4,40)18-19-36(26,5)33(28)31(39)23-37(29,30)6;1-21(11-12-32(35)17-13-28(2,3)14-18-32)24-9-10-25-23-8-7-22-19-29(4,34)15-16-30(22,5)27(23)26(33)20-31(24,25)6;1-19(18-34(32,33)21-8-6-5-7-9-21)23-12-13-24-22-11-10-20-16-27(2,31)14-15-28(20,3)26(22)25(30)17-29(23,24)4;1-8(2)3-5-9(6-4-8)7-10-9;1-2-4-5-3-1;1-2;;;;/h7-11,25-26,28-30,32-33,40-41H,12-24H2,1-6H3;21-25,27,34-35H,7-20H2,1-6H3;5-9,19-20,22-24,26,31H,10-18H2,1-4H3;3-7H2,1-2H3;1-4H2;2H,1H3;4*1H4/t25-,26+,28-,29+,30-,32?,33+,35-,36-,37+;21-,22-,23+,24-,25+,27-,29+,30+,31-;19-,20-,22+,23-,24+,26-,27+,28+,29-;;;;;;;/m011......./s1. The number of ether oxygens (including phenoxy) is 2. The van der Waals surface area contributed by atoms with E-state index in [2.05, 4.69) is 104 Å². The predicted molar refractivity (Wildman–Crippen MR) is 546 cm³/mol. The van der Waals surface area contributed by atoms with Crippen molar-refractivity contribution in [2.75, 3.05) is 32.7 Å². The number of carbonyl (C=O) groups is 3. The van der Waals surface area contributed by atoms with Crippen molar-refractivity contribution in [3.63, 3.8) is 0 Å². The summed E-state index contributed by atoms with van der Waals surface area (Å²) in [6, 6.07) is 17.6. The van der Waals surface area contributed by atoms with Crippen LogP contribution in [0.15, 0.2) is 70.5 Å². The summed E-state index contributed by atoms with van der Waals surface area (Å²) in [5.41, 5.74) is -1.86. The number of ketones is 3. The Morgan fingerprint density at radius 2 is 0.709 bits per heavy atom. The largest absolute Gasteiger partial charge is 0.400 e. The van der Waals surface area contributed by atoms with Gasteiger partial charge >= 0.3 is 0 Å². The molecule has 15 saturated carbocycles. The van der Waals surface area contributed by atoms with E-state index >= 15 is 0 Å². The summed E-state index contributed by atoms with van der Waals surface area (Å²) < 4.78 is 65.6. The summed E-state index contributed by atoms with van der Waals surface area (Å²) in [6.45, 7) is 43.7. The fourth-order valence-electron chi connectivity index (χ4n) is 34.0. The van der Waals surface area contributed by atoms with Crippen LogP contribution in [0, 0.1) is 155 Å². The lowest BCUT2D eigenvalue weighted by molar-refractivity contribution is -0.169. The smallest absolute Gasteiger partial charge is 0.181 e. The Balaban J connectivity index is 0.000000189. The maximum Gasteiger partial charge on any atom is 0.181 e. The van der Waals surface area contributed by atoms with E-state index in [9.17, 15) is 56.8 Å². The van der Waals surface area contributed by atoms with Crippen molar-refractivity contribution >= 4 is 37.0 Å². The Kier molecular flexibility index (Phi) is 35.1. The average molecular weight is 1910 g/mol. The van der Waals surface area contributed by atoms with Crippen molar-refractivity contribution in [2.24, 2.45) is 155 Å². The van der Waals surface area contributed by atoms with Crippen molar-refractivity contribution in [2.45, 2.75) is 466 Å². The maximum atomic E-state index is 14.5. The molecule has 0 aromatic heterocycles. The molecule has 0 radical (unpaired) electrons. The molecule has 768 valence electrons. The zero-order chi connectivity index (χ0) is 94.7. The van der Waals surface area contributed by atoms with Gasteiger partial charge in [-0.2, -0.15) is 0 Å². The molecule has 2 aromatic carbocycles. The van der Waals surface area contributed by atoms with Crippen LogP contribution in [0.25, 0.3) is 0 Å². The molecule has 17 aliphatic rings. The first-order valence-electron chi connectivity index (χ1n) is 53.0. The van der Waals surface area contributed by atoms with E-state index in [4.69, 9.17) is 14.6 Å². The molecule has 6 N–H and O–H groups in total. The Morgan fingerprint density at radius 1 is 0.381 bits per heavy atom. The van der Waals surface area contributed by atoms with Crippen LogP contribution in [0.1, 0.15) is 418 Å². The molecular weight excluding hydrogens is 1710 g/mol. The van der Waals surface area contributed by atoms with Crippen LogP contribution in [0.2, 0.25) is 0 Å². The molecule has 2 aromatic rings. The third kappa shape index (κ3) is 22.9. The van der Waals surface area contributed by atoms with Gasteiger partial charge in [0.25, 0.3) is 0 Å². The second kappa shape index (κ2) is 41.6. The number of aliphatic hydroxyl groups excluding tert-OH is 1. The number of hydrogen-bond donors (Lipinski definition) is 6. The van der Waals surface area contributed by atoms with Crippen LogP contribution in [-0.4, -0.2) is 136 Å². The average Bonchev–Trinajstić information content (AvgIpc) is 1.67. The summed E-state index contributed by atoms with van der Waals surface area (Å²) in [6.07, 6.45) is 40.4. The van der Waals surface area contributed by atoms with Gasteiger partial charge in [-0.1, -0.05) is 170 Å². The monoisotopic (exact) mass is 1910 g/mol. The molecule has 0 amide bonds. The van der Waals surface area contributed by atoms with E-state index < -0.39 is 52.9 Å². The van der Waals surface area contributed by atoms with E-state index in [0.29, 0.717) is 134 Å². The summed E-state index contributed by atoms with van der Waals surface area (Å²) in [5, 5.41) is 61.9. The van der Waals surface area contributed by atoms with E-state index in [1.54, 1.807) is 48.5 Å². The third-order valence-electron chi connectivity index (χ3n) is 42.4. The number of carbonyl (C=O) groups excluding carboxylic acids is 3. The van der Waals surface area contributed by atoms with Gasteiger partial charge in [0.15, 0.2) is 19.7 Å². The molecule has 134 heavy (non-hydrogen) atoms. The fourth-order valence-corrected chi connectivity index (χ4v) is 37.8.